The Morgan fingerprint density at radius 2 is 2.31 bits per heavy atom. The molecule has 13 heavy (non-hydrogen) atoms. The van der Waals surface area contributed by atoms with Crippen molar-refractivity contribution in [3.05, 3.63) is 5.56 Å². The molecule has 0 spiro atoms. The zero-order valence-corrected chi connectivity index (χ0v) is 7.41. The Bertz CT molecular complexity index is 310. The largest absolute Gasteiger partial charge is 0.481 e. The number of fused-ring (bicyclic) bond motifs is 1. The van der Waals surface area contributed by atoms with Gasteiger partial charge in [0.2, 0.25) is 17.7 Å². The van der Waals surface area contributed by atoms with E-state index in [0.717, 1.165) is 18.4 Å². The molecule has 0 aromatic carbocycles. The molecule has 70 valence electrons. The van der Waals surface area contributed by atoms with Crippen molar-refractivity contribution in [2.75, 3.05) is 19.5 Å². The third kappa shape index (κ3) is 1.37. The Balaban J connectivity index is 2.50. The molecule has 1 aromatic rings. The fraction of sp³-hybridized carbons (Fsp3) is 0.500. The number of ether oxygens (including phenoxy) is 2. The molecule has 0 saturated carbocycles. The summed E-state index contributed by atoms with van der Waals surface area (Å²) >= 11 is 0. The van der Waals surface area contributed by atoms with Crippen molar-refractivity contribution in [3.8, 4) is 11.8 Å². The minimum Gasteiger partial charge on any atom is -0.481 e. The number of hydrogen-bond acceptors (Lipinski definition) is 5. The smallest absolute Gasteiger partial charge is 0.226 e. The lowest BCUT2D eigenvalue weighted by Crippen LogP contribution is -2.13. The zero-order valence-electron chi connectivity index (χ0n) is 7.41. The molecule has 2 N–H and O–H groups in total. The summed E-state index contributed by atoms with van der Waals surface area (Å²) < 4.78 is 10.4. The average Bonchev–Trinajstić information content (AvgIpc) is 2.16. The van der Waals surface area contributed by atoms with E-state index in [1.807, 2.05) is 0 Å². The summed E-state index contributed by atoms with van der Waals surface area (Å²) in [5.74, 6) is 1.29. The van der Waals surface area contributed by atoms with Crippen LogP contribution >= 0.6 is 0 Å². The molecule has 1 aliphatic heterocycles. The van der Waals surface area contributed by atoms with Gasteiger partial charge in [-0.3, -0.25) is 0 Å². The van der Waals surface area contributed by atoms with Gasteiger partial charge in [0.15, 0.2) is 0 Å². The molecule has 0 radical (unpaired) electrons. The number of anilines is 1. The third-order valence-electron chi connectivity index (χ3n) is 1.95. The van der Waals surface area contributed by atoms with Gasteiger partial charge in [-0.15, -0.1) is 0 Å². The van der Waals surface area contributed by atoms with Crippen LogP contribution in [0.15, 0.2) is 0 Å². The molecule has 2 heterocycles. The summed E-state index contributed by atoms with van der Waals surface area (Å²) in [6.07, 6.45) is 1.86. The Labute approximate surface area is 75.9 Å². The third-order valence-corrected chi connectivity index (χ3v) is 1.95. The Kier molecular flexibility index (Phi) is 1.92. The lowest BCUT2D eigenvalue weighted by Gasteiger charge is -2.17. The maximum absolute atomic E-state index is 5.48. The zero-order chi connectivity index (χ0) is 9.26. The molecular formula is C8H11N3O2. The maximum atomic E-state index is 5.48. The first-order chi connectivity index (χ1) is 6.31. The molecule has 0 unspecified atom stereocenters. The monoisotopic (exact) mass is 181 g/mol. The molecule has 0 amide bonds. The Hall–Kier alpha value is -1.52. The molecule has 5 heteroatoms. The van der Waals surface area contributed by atoms with E-state index in [1.54, 1.807) is 7.11 Å². The SMILES string of the molecule is COc1nc(N)nc2c1CCCO2. The minimum atomic E-state index is 0.192. The number of nitrogen functional groups attached to an aromatic ring is 1. The average molecular weight is 181 g/mol. The van der Waals surface area contributed by atoms with Gasteiger partial charge in [0.25, 0.3) is 0 Å². The highest BCUT2D eigenvalue weighted by atomic mass is 16.5. The molecule has 2 rings (SSSR count). The summed E-state index contributed by atoms with van der Waals surface area (Å²) in [4.78, 5) is 7.96. The lowest BCUT2D eigenvalue weighted by molar-refractivity contribution is 0.268. The lowest BCUT2D eigenvalue weighted by atomic mass is 10.1. The number of nitrogens with two attached hydrogens (primary N) is 1. The number of nitrogens with zero attached hydrogens (tertiary/aromatic N) is 2. The van der Waals surface area contributed by atoms with E-state index in [0.29, 0.717) is 18.4 Å². The van der Waals surface area contributed by atoms with Crippen LogP contribution in [0.3, 0.4) is 0 Å². The van der Waals surface area contributed by atoms with Gasteiger partial charge >= 0.3 is 0 Å². The molecular weight excluding hydrogens is 170 g/mol. The van der Waals surface area contributed by atoms with Crippen molar-refractivity contribution in [1.82, 2.24) is 9.97 Å². The molecule has 5 nitrogen and oxygen atoms in total. The fourth-order valence-corrected chi connectivity index (χ4v) is 1.38. The van der Waals surface area contributed by atoms with Gasteiger partial charge in [-0.1, -0.05) is 0 Å². The van der Waals surface area contributed by atoms with Crippen LogP contribution in [0.1, 0.15) is 12.0 Å². The molecule has 1 aliphatic rings. The predicted molar refractivity (Wildman–Crippen MR) is 46.8 cm³/mol. The van der Waals surface area contributed by atoms with Gasteiger partial charge in [-0.2, -0.15) is 9.97 Å². The van der Waals surface area contributed by atoms with Crippen molar-refractivity contribution in [3.63, 3.8) is 0 Å². The van der Waals surface area contributed by atoms with Crippen LogP contribution in [0.2, 0.25) is 0 Å². The molecule has 0 fully saturated rings. The van der Waals surface area contributed by atoms with E-state index in [1.165, 1.54) is 0 Å². The number of methoxy groups -OCH3 is 1. The summed E-state index contributed by atoms with van der Waals surface area (Å²) in [6.45, 7) is 0.687. The van der Waals surface area contributed by atoms with Crippen molar-refractivity contribution >= 4 is 5.95 Å². The Morgan fingerprint density at radius 1 is 1.46 bits per heavy atom. The van der Waals surface area contributed by atoms with Gasteiger partial charge in [0.1, 0.15) is 0 Å². The van der Waals surface area contributed by atoms with Crippen LogP contribution in [0.25, 0.3) is 0 Å². The molecule has 0 bridgehead atoms. The predicted octanol–water partition coefficient (Wildman–Crippen LogP) is 0.392. The highest BCUT2D eigenvalue weighted by Crippen LogP contribution is 2.29. The summed E-state index contributed by atoms with van der Waals surface area (Å²) in [7, 11) is 1.57. The fourth-order valence-electron chi connectivity index (χ4n) is 1.38. The molecule has 0 atom stereocenters. The molecule has 0 aliphatic carbocycles. The normalized spacial score (nSPS) is 14.5. The van der Waals surface area contributed by atoms with Crippen molar-refractivity contribution in [2.24, 2.45) is 0 Å². The van der Waals surface area contributed by atoms with E-state index in [2.05, 4.69) is 9.97 Å². The maximum Gasteiger partial charge on any atom is 0.226 e. The van der Waals surface area contributed by atoms with E-state index in [4.69, 9.17) is 15.2 Å². The van der Waals surface area contributed by atoms with Crippen molar-refractivity contribution in [1.29, 1.82) is 0 Å². The quantitative estimate of drug-likeness (QED) is 0.678. The summed E-state index contributed by atoms with van der Waals surface area (Å²) in [6, 6.07) is 0. The van der Waals surface area contributed by atoms with Gasteiger partial charge in [0.05, 0.1) is 19.3 Å². The molecule has 0 saturated heterocycles. The first-order valence-corrected chi connectivity index (χ1v) is 4.14. The second-order valence-corrected chi connectivity index (χ2v) is 2.83. The highest BCUT2D eigenvalue weighted by molar-refractivity contribution is 5.41. The molecule has 1 aromatic heterocycles. The van der Waals surface area contributed by atoms with E-state index in [-0.39, 0.29) is 5.95 Å². The standard InChI is InChI=1S/C8H11N3O2/c1-12-6-5-3-2-4-13-7(5)11-8(9)10-6/h2-4H2,1H3,(H2,9,10,11). The van der Waals surface area contributed by atoms with Crippen LogP contribution in [0, 0.1) is 0 Å². The number of rotatable bonds is 1. The van der Waals surface area contributed by atoms with Crippen molar-refractivity contribution < 1.29 is 9.47 Å². The van der Waals surface area contributed by atoms with Crippen LogP contribution in [-0.2, 0) is 6.42 Å². The number of aromatic nitrogens is 2. The minimum absolute atomic E-state index is 0.192. The summed E-state index contributed by atoms with van der Waals surface area (Å²) in [5.41, 5.74) is 6.40. The first-order valence-electron chi connectivity index (χ1n) is 4.14. The van der Waals surface area contributed by atoms with Crippen LogP contribution in [0.5, 0.6) is 11.8 Å². The van der Waals surface area contributed by atoms with E-state index in [9.17, 15) is 0 Å². The van der Waals surface area contributed by atoms with Crippen LogP contribution in [-0.4, -0.2) is 23.7 Å². The van der Waals surface area contributed by atoms with Gasteiger partial charge < -0.3 is 15.2 Å². The van der Waals surface area contributed by atoms with Crippen LogP contribution in [0.4, 0.5) is 5.95 Å². The van der Waals surface area contributed by atoms with Crippen molar-refractivity contribution in [2.45, 2.75) is 12.8 Å². The van der Waals surface area contributed by atoms with Crippen LogP contribution < -0.4 is 15.2 Å². The topological polar surface area (TPSA) is 70.3 Å². The second-order valence-electron chi connectivity index (χ2n) is 2.83. The van der Waals surface area contributed by atoms with Gasteiger partial charge in [-0.05, 0) is 12.8 Å². The van der Waals surface area contributed by atoms with E-state index >= 15 is 0 Å². The van der Waals surface area contributed by atoms with E-state index < -0.39 is 0 Å². The highest BCUT2D eigenvalue weighted by Gasteiger charge is 2.18. The van der Waals surface area contributed by atoms with Gasteiger partial charge in [0, 0.05) is 0 Å². The summed E-state index contributed by atoms with van der Waals surface area (Å²) in [5, 5.41) is 0. The van der Waals surface area contributed by atoms with Gasteiger partial charge in [-0.25, -0.2) is 0 Å². The Morgan fingerprint density at radius 3 is 3.08 bits per heavy atom. The second kappa shape index (κ2) is 3.08. The first kappa shape index (κ1) is 8.10. The number of hydrogen-bond donors (Lipinski definition) is 1.